The minimum absolute atomic E-state index is 0.204. The predicted octanol–water partition coefficient (Wildman–Crippen LogP) is 5.02. The number of pyridine rings is 1. The lowest BCUT2D eigenvalue weighted by Gasteiger charge is -2.08. The number of carboxylic acids is 1. The molecule has 0 radical (unpaired) electrons. The van der Waals surface area contributed by atoms with Crippen LogP contribution in [0.1, 0.15) is 18.4 Å². The van der Waals surface area contributed by atoms with E-state index in [-0.39, 0.29) is 5.82 Å². The second kappa shape index (κ2) is 8.75. The number of carbonyl (C=O) groups is 1. The number of aromatic nitrogens is 2. The minimum atomic E-state index is -5.08. The van der Waals surface area contributed by atoms with E-state index in [4.69, 9.17) is 9.90 Å². The summed E-state index contributed by atoms with van der Waals surface area (Å²) >= 11 is 0. The van der Waals surface area contributed by atoms with Crippen LogP contribution in [0.25, 0.3) is 22.2 Å². The van der Waals surface area contributed by atoms with Gasteiger partial charge < -0.3 is 14.9 Å². The molecule has 31 heavy (non-hydrogen) atoms. The molecule has 2 aromatic heterocycles. The van der Waals surface area contributed by atoms with Crippen LogP contribution in [0.15, 0.2) is 47.9 Å². The van der Waals surface area contributed by atoms with E-state index < -0.39 is 12.1 Å². The molecule has 164 valence electrons. The molecule has 0 bridgehead atoms. The number of benzene rings is 1. The Morgan fingerprint density at radius 3 is 2.45 bits per heavy atom. The van der Waals surface area contributed by atoms with Gasteiger partial charge in [0.2, 0.25) is 0 Å². The molecule has 0 saturated heterocycles. The van der Waals surface area contributed by atoms with E-state index in [1.54, 1.807) is 19.2 Å². The van der Waals surface area contributed by atoms with Gasteiger partial charge in [0.1, 0.15) is 5.82 Å². The number of aryl methyl sites for hydroxylation is 1. The molecule has 4 rings (SSSR count). The molecule has 1 aromatic carbocycles. The summed E-state index contributed by atoms with van der Waals surface area (Å²) in [6.07, 6.45) is 0.875. The average Bonchev–Trinajstić information content (AvgIpc) is 3.48. The highest BCUT2D eigenvalue weighted by Gasteiger charge is 2.38. The monoisotopic (exact) mass is 437 g/mol. The molecule has 0 unspecified atom stereocenters. The summed E-state index contributed by atoms with van der Waals surface area (Å²) in [5.74, 6) is -2.56. The smallest absolute Gasteiger partial charge is 0.475 e. The molecule has 0 aliphatic heterocycles. The van der Waals surface area contributed by atoms with Crippen LogP contribution in [0, 0.1) is 18.7 Å². The van der Waals surface area contributed by atoms with Gasteiger partial charge in [0, 0.05) is 23.9 Å². The fourth-order valence-electron chi connectivity index (χ4n) is 3.02. The lowest BCUT2D eigenvalue weighted by molar-refractivity contribution is -0.192. The van der Waals surface area contributed by atoms with Gasteiger partial charge in [-0.15, -0.1) is 0 Å². The quantitative estimate of drug-likeness (QED) is 0.260. The van der Waals surface area contributed by atoms with Crippen LogP contribution in [-0.4, -0.2) is 37.7 Å². The number of oxime groups is 1. The largest absolute Gasteiger partial charge is 0.490 e. The van der Waals surface area contributed by atoms with Crippen LogP contribution in [0.4, 0.5) is 17.6 Å². The van der Waals surface area contributed by atoms with Crippen molar-refractivity contribution in [2.24, 2.45) is 11.1 Å². The number of alkyl halides is 3. The first-order chi connectivity index (χ1) is 14.6. The van der Waals surface area contributed by atoms with E-state index in [9.17, 15) is 22.8 Å². The Labute approximate surface area is 174 Å². The SMILES string of the molecule is Cc1cc(-c2cnc3ccn(C/C(=N/O)C4CC4)c3c2)ccc1F.O=C(O)C(F)(F)F. The fourth-order valence-corrected chi connectivity index (χ4v) is 3.02. The number of halogens is 4. The molecule has 6 nitrogen and oxygen atoms in total. The minimum Gasteiger partial charge on any atom is -0.475 e. The molecule has 3 aromatic rings. The third kappa shape index (κ3) is 5.39. The third-order valence-electron chi connectivity index (χ3n) is 4.86. The second-order valence-corrected chi connectivity index (χ2v) is 7.20. The fraction of sp³-hybridized carbons (Fsp3) is 0.286. The zero-order valence-electron chi connectivity index (χ0n) is 16.4. The molecular formula is C21H19F4N3O3. The number of hydrogen-bond acceptors (Lipinski definition) is 4. The highest BCUT2D eigenvalue weighted by atomic mass is 19.4. The summed E-state index contributed by atoms with van der Waals surface area (Å²) in [5.41, 5.74) is 5.19. The molecule has 10 heteroatoms. The van der Waals surface area contributed by atoms with Crippen molar-refractivity contribution in [3.63, 3.8) is 0 Å². The van der Waals surface area contributed by atoms with Crippen molar-refractivity contribution in [3.05, 3.63) is 54.1 Å². The van der Waals surface area contributed by atoms with Gasteiger partial charge >= 0.3 is 12.1 Å². The van der Waals surface area contributed by atoms with Crippen LogP contribution < -0.4 is 0 Å². The molecule has 1 aliphatic rings. The van der Waals surface area contributed by atoms with Crippen LogP contribution in [0.2, 0.25) is 0 Å². The molecule has 2 N–H and O–H groups in total. The zero-order valence-corrected chi connectivity index (χ0v) is 16.4. The van der Waals surface area contributed by atoms with Gasteiger partial charge in [-0.2, -0.15) is 13.2 Å². The normalized spacial score (nSPS) is 14.3. The Morgan fingerprint density at radius 1 is 1.23 bits per heavy atom. The van der Waals surface area contributed by atoms with Crippen molar-refractivity contribution in [2.75, 3.05) is 0 Å². The molecule has 2 heterocycles. The first-order valence-corrected chi connectivity index (χ1v) is 9.32. The van der Waals surface area contributed by atoms with Crippen molar-refractivity contribution in [1.82, 2.24) is 9.55 Å². The number of nitrogens with zero attached hydrogens (tertiary/aromatic N) is 3. The lowest BCUT2D eigenvalue weighted by Crippen LogP contribution is -2.21. The van der Waals surface area contributed by atoms with Crippen LogP contribution in [0.3, 0.4) is 0 Å². The van der Waals surface area contributed by atoms with Crippen LogP contribution in [-0.2, 0) is 11.3 Å². The maximum atomic E-state index is 13.5. The van der Waals surface area contributed by atoms with Crippen molar-refractivity contribution in [1.29, 1.82) is 0 Å². The summed E-state index contributed by atoms with van der Waals surface area (Å²) < 4.78 is 47.3. The van der Waals surface area contributed by atoms with Gasteiger partial charge in [0.25, 0.3) is 0 Å². The van der Waals surface area contributed by atoms with Gasteiger partial charge in [-0.05, 0) is 55.2 Å². The standard InChI is InChI=1S/C19H18FN3O.C2HF3O2/c1-12-8-14(4-5-16(12)20)15-9-19-17(21-10-15)6-7-23(19)11-18(22-24)13-2-3-13;3-2(4,5)1(6)7/h4-10,13,24H,2-3,11H2,1H3;(H,6,7)/b22-18-;. The zero-order chi connectivity index (χ0) is 22.8. The van der Waals surface area contributed by atoms with E-state index in [1.165, 1.54) is 6.07 Å². The maximum Gasteiger partial charge on any atom is 0.490 e. The first kappa shape index (κ1) is 22.3. The second-order valence-electron chi connectivity index (χ2n) is 7.20. The Balaban J connectivity index is 0.000000339. The Hall–Kier alpha value is -3.43. The highest BCUT2D eigenvalue weighted by molar-refractivity contribution is 5.90. The van der Waals surface area contributed by atoms with Crippen molar-refractivity contribution < 1.29 is 32.7 Å². The van der Waals surface area contributed by atoms with E-state index in [0.29, 0.717) is 18.0 Å². The van der Waals surface area contributed by atoms with Gasteiger partial charge in [-0.3, -0.25) is 4.98 Å². The Bertz CT molecular complexity index is 1130. The van der Waals surface area contributed by atoms with Gasteiger partial charge in [-0.1, -0.05) is 11.2 Å². The molecular weight excluding hydrogens is 418 g/mol. The van der Waals surface area contributed by atoms with E-state index in [1.807, 2.05) is 18.3 Å². The van der Waals surface area contributed by atoms with Gasteiger partial charge in [0.15, 0.2) is 0 Å². The van der Waals surface area contributed by atoms with Crippen molar-refractivity contribution >= 4 is 22.7 Å². The number of carboxylic acid groups (broad SMARTS) is 1. The lowest BCUT2D eigenvalue weighted by atomic mass is 10.0. The van der Waals surface area contributed by atoms with Crippen LogP contribution >= 0.6 is 0 Å². The topological polar surface area (TPSA) is 87.7 Å². The molecule has 0 amide bonds. The van der Waals surface area contributed by atoms with E-state index in [0.717, 1.165) is 40.7 Å². The maximum absolute atomic E-state index is 13.5. The number of fused-ring (bicyclic) bond motifs is 1. The van der Waals surface area contributed by atoms with Crippen molar-refractivity contribution in [3.8, 4) is 11.1 Å². The molecule has 0 spiro atoms. The number of aliphatic carboxylic acids is 1. The Kier molecular flexibility index (Phi) is 6.28. The predicted molar refractivity (Wildman–Crippen MR) is 106 cm³/mol. The molecule has 0 atom stereocenters. The Morgan fingerprint density at radius 2 is 1.90 bits per heavy atom. The van der Waals surface area contributed by atoms with Gasteiger partial charge in [0.05, 0.1) is 23.3 Å². The van der Waals surface area contributed by atoms with E-state index >= 15 is 0 Å². The molecule has 1 fully saturated rings. The average molecular weight is 437 g/mol. The number of rotatable bonds is 4. The molecule has 1 saturated carbocycles. The van der Waals surface area contributed by atoms with Crippen molar-refractivity contribution in [2.45, 2.75) is 32.5 Å². The first-order valence-electron chi connectivity index (χ1n) is 9.32. The summed E-state index contributed by atoms with van der Waals surface area (Å²) in [6.45, 7) is 2.32. The summed E-state index contributed by atoms with van der Waals surface area (Å²) in [7, 11) is 0. The highest BCUT2D eigenvalue weighted by Crippen LogP contribution is 2.32. The van der Waals surface area contributed by atoms with Gasteiger partial charge in [-0.25, -0.2) is 9.18 Å². The summed E-state index contributed by atoms with van der Waals surface area (Å²) in [5, 5.41) is 19.8. The molecule has 1 aliphatic carbocycles. The summed E-state index contributed by atoms with van der Waals surface area (Å²) in [4.78, 5) is 13.4. The third-order valence-corrected chi connectivity index (χ3v) is 4.86. The van der Waals surface area contributed by atoms with E-state index in [2.05, 4.69) is 20.8 Å². The van der Waals surface area contributed by atoms with Crippen LogP contribution in [0.5, 0.6) is 0 Å². The number of hydrogen-bond donors (Lipinski definition) is 2. The summed E-state index contributed by atoms with van der Waals surface area (Å²) in [6, 6.07) is 9.09.